The van der Waals surface area contributed by atoms with Crippen molar-refractivity contribution in [1.82, 2.24) is 15.3 Å². The molecular weight excluding hydrogens is 307 g/mol. The van der Waals surface area contributed by atoms with Gasteiger partial charge in [0, 0.05) is 31.7 Å². The Hall–Kier alpha value is -1.57. The summed E-state index contributed by atoms with van der Waals surface area (Å²) in [5.41, 5.74) is 4.51. The minimum absolute atomic E-state index is 0.0426. The first-order chi connectivity index (χ1) is 10.8. The first-order valence-corrected chi connectivity index (χ1v) is 8.02. The van der Waals surface area contributed by atoms with Gasteiger partial charge in [0.05, 0.1) is 5.69 Å². The highest BCUT2D eigenvalue weighted by Gasteiger charge is 2.54. The van der Waals surface area contributed by atoms with E-state index in [4.69, 9.17) is 5.73 Å². The molecule has 0 saturated carbocycles. The van der Waals surface area contributed by atoms with Crippen LogP contribution in [0, 0.1) is 0 Å². The molecule has 0 bridgehead atoms. The molecule has 2 aliphatic rings. The van der Waals surface area contributed by atoms with Crippen molar-refractivity contribution in [2.75, 3.05) is 36.8 Å². The van der Waals surface area contributed by atoms with Crippen molar-refractivity contribution in [3.05, 3.63) is 11.3 Å². The van der Waals surface area contributed by atoms with E-state index in [1.807, 2.05) is 4.90 Å². The summed E-state index contributed by atoms with van der Waals surface area (Å²) in [6.45, 7) is 4.24. The van der Waals surface area contributed by atoms with Crippen LogP contribution < -0.4 is 16.0 Å². The quantitative estimate of drug-likeness (QED) is 0.772. The normalized spacial score (nSPS) is 25.8. The molecule has 1 atom stereocenters. The second-order valence-electron chi connectivity index (χ2n) is 6.51. The second kappa shape index (κ2) is 5.81. The van der Waals surface area contributed by atoms with Gasteiger partial charge in [-0.05, 0) is 26.2 Å². The van der Waals surface area contributed by atoms with E-state index in [0.717, 1.165) is 13.1 Å². The van der Waals surface area contributed by atoms with Crippen molar-refractivity contribution in [2.24, 2.45) is 0 Å². The molecule has 2 heterocycles. The van der Waals surface area contributed by atoms with Gasteiger partial charge in [-0.15, -0.1) is 0 Å². The molecule has 5 nitrogen and oxygen atoms in total. The Kier molecular flexibility index (Phi) is 4.12. The molecule has 1 aromatic rings. The summed E-state index contributed by atoms with van der Waals surface area (Å²) in [5, 5.41) is 3.24. The lowest BCUT2D eigenvalue weighted by Gasteiger charge is -2.34. The van der Waals surface area contributed by atoms with E-state index in [1.54, 1.807) is 0 Å². The molecule has 0 amide bonds. The number of rotatable bonds is 1. The van der Waals surface area contributed by atoms with Gasteiger partial charge in [0.15, 0.2) is 0 Å². The monoisotopic (exact) mass is 329 g/mol. The Morgan fingerprint density at radius 2 is 1.87 bits per heavy atom. The predicted octanol–water partition coefficient (Wildman–Crippen LogP) is 2.01. The number of aromatic nitrogens is 2. The molecule has 1 aromatic heterocycles. The second-order valence-corrected chi connectivity index (χ2v) is 6.51. The van der Waals surface area contributed by atoms with Gasteiger partial charge in [-0.1, -0.05) is 6.42 Å². The van der Waals surface area contributed by atoms with E-state index in [0.29, 0.717) is 43.7 Å². The van der Waals surface area contributed by atoms with Gasteiger partial charge < -0.3 is 16.0 Å². The zero-order valence-corrected chi connectivity index (χ0v) is 13.2. The molecule has 1 aliphatic heterocycles. The topological polar surface area (TPSA) is 67.1 Å². The number of hydrogen-bond donors (Lipinski definition) is 2. The van der Waals surface area contributed by atoms with Crippen molar-refractivity contribution in [2.45, 2.75) is 44.2 Å². The van der Waals surface area contributed by atoms with Gasteiger partial charge in [-0.3, -0.25) is 0 Å². The first-order valence-electron chi connectivity index (χ1n) is 8.02. The number of anilines is 2. The van der Waals surface area contributed by atoms with E-state index in [2.05, 4.69) is 15.3 Å². The third kappa shape index (κ3) is 2.84. The fourth-order valence-electron chi connectivity index (χ4n) is 3.49. The average molecular weight is 329 g/mol. The van der Waals surface area contributed by atoms with E-state index in [-0.39, 0.29) is 18.1 Å². The molecule has 1 fully saturated rings. The molecule has 0 radical (unpaired) electrons. The Labute approximate surface area is 133 Å². The molecule has 0 aromatic carbocycles. The van der Waals surface area contributed by atoms with Crippen LogP contribution in [0.15, 0.2) is 0 Å². The zero-order chi connectivity index (χ0) is 16.7. The van der Waals surface area contributed by atoms with E-state index in [9.17, 15) is 13.2 Å². The van der Waals surface area contributed by atoms with Crippen molar-refractivity contribution < 1.29 is 13.2 Å². The summed E-state index contributed by atoms with van der Waals surface area (Å²) in [6.07, 6.45) is -2.51. The Balaban J connectivity index is 2.15. The third-order valence-electron chi connectivity index (χ3n) is 4.92. The van der Waals surface area contributed by atoms with Crippen LogP contribution in [0.4, 0.5) is 24.9 Å². The number of alkyl halides is 3. The van der Waals surface area contributed by atoms with Crippen molar-refractivity contribution >= 4 is 11.8 Å². The van der Waals surface area contributed by atoms with Crippen LogP contribution in [0.3, 0.4) is 0 Å². The van der Waals surface area contributed by atoms with Crippen LogP contribution in [0.5, 0.6) is 0 Å². The number of nitrogens with one attached hydrogen (secondary N) is 1. The third-order valence-corrected chi connectivity index (χ3v) is 4.92. The maximum Gasteiger partial charge on any atom is 0.399 e. The number of nitrogens with zero attached hydrogens (tertiary/aromatic N) is 3. The maximum atomic E-state index is 13.8. The van der Waals surface area contributed by atoms with E-state index >= 15 is 0 Å². The maximum absolute atomic E-state index is 13.8. The van der Waals surface area contributed by atoms with Crippen LogP contribution in [0.25, 0.3) is 0 Å². The Morgan fingerprint density at radius 3 is 2.52 bits per heavy atom. The van der Waals surface area contributed by atoms with Gasteiger partial charge in [-0.2, -0.15) is 18.2 Å². The predicted molar refractivity (Wildman–Crippen MR) is 82.5 cm³/mol. The molecule has 0 spiro atoms. The lowest BCUT2D eigenvalue weighted by Crippen LogP contribution is -2.45. The molecule has 1 aliphatic carbocycles. The van der Waals surface area contributed by atoms with Gasteiger partial charge in [0.25, 0.3) is 0 Å². The fraction of sp³-hybridized carbons (Fsp3) is 0.733. The van der Waals surface area contributed by atoms with Crippen LogP contribution in [-0.4, -0.2) is 42.3 Å². The largest absolute Gasteiger partial charge is 0.399 e. The van der Waals surface area contributed by atoms with Gasteiger partial charge in [0.2, 0.25) is 5.95 Å². The highest BCUT2D eigenvalue weighted by molar-refractivity contribution is 5.55. The first kappa shape index (κ1) is 16.3. The molecule has 23 heavy (non-hydrogen) atoms. The molecule has 1 saturated heterocycles. The van der Waals surface area contributed by atoms with Crippen molar-refractivity contribution in [1.29, 1.82) is 0 Å². The van der Waals surface area contributed by atoms with Crippen molar-refractivity contribution in [3.63, 3.8) is 0 Å². The molecule has 3 rings (SSSR count). The minimum atomic E-state index is -4.35. The summed E-state index contributed by atoms with van der Waals surface area (Å²) in [5.74, 6) is 0.515. The number of fused-ring (bicyclic) bond motifs is 1. The SMILES string of the molecule is CC1(C(F)(F)F)CCCCc2c(N3CCNCC3)nc(N)nc21. The number of nitrogens with two attached hydrogens (primary N) is 1. The summed E-state index contributed by atoms with van der Waals surface area (Å²) < 4.78 is 41.3. The molecule has 8 heteroatoms. The van der Waals surface area contributed by atoms with Gasteiger partial charge in [-0.25, -0.2) is 4.98 Å². The summed E-state index contributed by atoms with van der Waals surface area (Å²) >= 11 is 0. The fourth-order valence-corrected chi connectivity index (χ4v) is 3.49. The molecule has 3 N–H and O–H groups in total. The summed E-state index contributed by atoms with van der Waals surface area (Å²) in [7, 11) is 0. The number of halogens is 3. The lowest BCUT2D eigenvalue weighted by molar-refractivity contribution is -0.188. The van der Waals surface area contributed by atoms with Crippen LogP contribution in [0.2, 0.25) is 0 Å². The lowest BCUT2D eigenvalue weighted by atomic mass is 9.80. The summed E-state index contributed by atoms with van der Waals surface area (Å²) in [4.78, 5) is 10.4. The Morgan fingerprint density at radius 1 is 1.17 bits per heavy atom. The van der Waals surface area contributed by atoms with Crippen LogP contribution in [0.1, 0.15) is 37.4 Å². The number of nitrogen functional groups attached to an aromatic ring is 1. The van der Waals surface area contributed by atoms with Gasteiger partial charge >= 0.3 is 6.18 Å². The minimum Gasteiger partial charge on any atom is -0.368 e. The number of piperazine rings is 1. The van der Waals surface area contributed by atoms with Crippen LogP contribution >= 0.6 is 0 Å². The van der Waals surface area contributed by atoms with E-state index in [1.165, 1.54) is 6.92 Å². The molecular formula is C15H22F3N5. The van der Waals surface area contributed by atoms with Crippen LogP contribution in [-0.2, 0) is 11.8 Å². The highest BCUT2D eigenvalue weighted by Crippen LogP contribution is 2.48. The van der Waals surface area contributed by atoms with E-state index < -0.39 is 11.6 Å². The molecule has 128 valence electrons. The smallest absolute Gasteiger partial charge is 0.368 e. The van der Waals surface area contributed by atoms with Crippen molar-refractivity contribution in [3.8, 4) is 0 Å². The number of hydrogen-bond acceptors (Lipinski definition) is 5. The standard InChI is InChI=1S/C15H22F3N5/c1-14(15(16,17)18)5-3-2-4-10-11(14)21-13(19)22-12(10)23-8-6-20-7-9-23/h20H,2-9H2,1H3,(H2,19,21,22). The zero-order valence-electron chi connectivity index (χ0n) is 13.2. The molecule has 1 unspecified atom stereocenters. The summed E-state index contributed by atoms with van der Waals surface area (Å²) in [6, 6.07) is 0. The highest BCUT2D eigenvalue weighted by atomic mass is 19.4. The Bertz CT molecular complexity index is 583. The average Bonchev–Trinajstić information content (AvgIpc) is 2.68. The van der Waals surface area contributed by atoms with Gasteiger partial charge in [0.1, 0.15) is 11.2 Å².